The van der Waals surface area contributed by atoms with Gasteiger partial charge in [0, 0.05) is 12.6 Å². The largest absolute Gasteiger partial charge is 0.415 e. The van der Waals surface area contributed by atoms with Crippen molar-refractivity contribution in [3.05, 3.63) is 0 Å². The number of nitrogens with two attached hydrogens (primary N) is 2. The molecule has 0 saturated carbocycles. The summed E-state index contributed by atoms with van der Waals surface area (Å²) in [5, 5.41) is 0. The molecule has 5 nitrogen and oxygen atoms in total. The van der Waals surface area contributed by atoms with Crippen LogP contribution in [0.4, 0.5) is 13.2 Å². The van der Waals surface area contributed by atoms with Crippen LogP contribution in [0, 0.1) is 5.92 Å². The monoisotopic (exact) mass is 281 g/mol. The molecule has 1 saturated heterocycles. The van der Waals surface area contributed by atoms with Crippen LogP contribution >= 0.6 is 0 Å². The van der Waals surface area contributed by atoms with E-state index in [1.54, 1.807) is 6.92 Å². The first-order valence-electron chi connectivity index (χ1n) is 5.94. The Morgan fingerprint density at radius 3 is 2.21 bits per heavy atom. The Balaban J connectivity index is 2.94. The van der Waals surface area contributed by atoms with E-state index in [-0.39, 0.29) is 6.54 Å². The minimum absolute atomic E-state index is 0.113. The number of carbonyl (C=O) groups is 2. The third kappa shape index (κ3) is 2.99. The van der Waals surface area contributed by atoms with Crippen molar-refractivity contribution < 1.29 is 22.8 Å². The quantitative estimate of drug-likeness (QED) is 0.766. The molecule has 3 atom stereocenters. The number of hydrogen-bond acceptors (Lipinski definition) is 3. The number of halogens is 3. The van der Waals surface area contributed by atoms with Crippen LogP contribution in [-0.4, -0.2) is 41.0 Å². The number of nitrogens with zero attached hydrogens (tertiary/aromatic N) is 1. The van der Waals surface area contributed by atoms with E-state index in [0.717, 1.165) is 4.90 Å². The number of likely N-dealkylation sites (tertiary alicyclic amines) is 1. The van der Waals surface area contributed by atoms with Gasteiger partial charge in [-0.15, -0.1) is 0 Å². The van der Waals surface area contributed by atoms with E-state index in [2.05, 4.69) is 0 Å². The van der Waals surface area contributed by atoms with Crippen LogP contribution in [0.3, 0.4) is 0 Å². The Morgan fingerprint density at radius 1 is 1.26 bits per heavy atom. The normalized spacial score (nSPS) is 27.8. The van der Waals surface area contributed by atoms with Gasteiger partial charge < -0.3 is 16.4 Å². The molecule has 0 aromatic carbocycles. The van der Waals surface area contributed by atoms with Crippen molar-refractivity contribution in [3.63, 3.8) is 0 Å². The number of primary amides is 1. The van der Waals surface area contributed by atoms with Crippen molar-refractivity contribution >= 4 is 11.8 Å². The van der Waals surface area contributed by atoms with Crippen LogP contribution in [0.15, 0.2) is 0 Å². The van der Waals surface area contributed by atoms with Crippen LogP contribution in [0.2, 0.25) is 0 Å². The second-order valence-electron chi connectivity index (χ2n) is 5.18. The maximum Gasteiger partial charge on any atom is 0.415 e. The van der Waals surface area contributed by atoms with Crippen LogP contribution in [0.5, 0.6) is 0 Å². The molecule has 0 aliphatic carbocycles. The summed E-state index contributed by atoms with van der Waals surface area (Å²) >= 11 is 0. The molecule has 2 amide bonds. The number of piperidine rings is 1. The van der Waals surface area contributed by atoms with E-state index in [9.17, 15) is 22.8 Å². The molecule has 8 heteroatoms. The van der Waals surface area contributed by atoms with Gasteiger partial charge in [-0.2, -0.15) is 13.2 Å². The van der Waals surface area contributed by atoms with Gasteiger partial charge in [0.15, 0.2) is 5.54 Å². The summed E-state index contributed by atoms with van der Waals surface area (Å²) in [5.41, 5.74) is 7.30. The molecule has 0 radical (unpaired) electrons. The summed E-state index contributed by atoms with van der Waals surface area (Å²) in [6, 6.07) is -0.395. The molecule has 4 N–H and O–H groups in total. The first kappa shape index (κ1) is 15.7. The van der Waals surface area contributed by atoms with Gasteiger partial charge in [0.05, 0.1) is 5.92 Å². The highest BCUT2D eigenvalue weighted by Crippen LogP contribution is 2.32. The Morgan fingerprint density at radius 2 is 1.79 bits per heavy atom. The average Bonchev–Trinajstić information content (AvgIpc) is 2.26. The number of hydrogen-bond donors (Lipinski definition) is 2. The maximum absolute atomic E-state index is 12.8. The zero-order chi connectivity index (χ0) is 15.0. The van der Waals surface area contributed by atoms with Crippen LogP contribution in [0.1, 0.15) is 26.7 Å². The van der Waals surface area contributed by atoms with Crippen molar-refractivity contribution in [1.29, 1.82) is 0 Å². The third-order valence-corrected chi connectivity index (χ3v) is 3.58. The zero-order valence-electron chi connectivity index (χ0n) is 10.8. The molecule has 0 spiro atoms. The molecule has 3 unspecified atom stereocenters. The SMILES string of the molecule is CC1CCC(C(N)=O)CN1C(=O)C(C)(N)C(F)(F)F. The summed E-state index contributed by atoms with van der Waals surface area (Å²) in [7, 11) is 0. The summed E-state index contributed by atoms with van der Waals surface area (Å²) in [4.78, 5) is 24.1. The highest BCUT2D eigenvalue weighted by Gasteiger charge is 2.56. The smallest absolute Gasteiger partial charge is 0.369 e. The van der Waals surface area contributed by atoms with Gasteiger partial charge in [-0.3, -0.25) is 9.59 Å². The fourth-order valence-corrected chi connectivity index (χ4v) is 2.04. The van der Waals surface area contributed by atoms with E-state index in [1.165, 1.54) is 0 Å². The Kier molecular flexibility index (Phi) is 4.14. The average molecular weight is 281 g/mol. The zero-order valence-corrected chi connectivity index (χ0v) is 10.8. The van der Waals surface area contributed by atoms with Crippen molar-refractivity contribution in [2.75, 3.05) is 6.54 Å². The molecule has 1 aliphatic heterocycles. The van der Waals surface area contributed by atoms with Gasteiger partial charge in [0.25, 0.3) is 5.91 Å². The summed E-state index contributed by atoms with van der Waals surface area (Å²) in [5.74, 6) is -2.46. The lowest BCUT2D eigenvalue weighted by atomic mass is 9.90. The second kappa shape index (κ2) is 4.99. The maximum atomic E-state index is 12.8. The van der Waals surface area contributed by atoms with Crippen LogP contribution in [-0.2, 0) is 9.59 Å². The molecule has 1 heterocycles. The minimum Gasteiger partial charge on any atom is -0.369 e. The van der Waals surface area contributed by atoms with Gasteiger partial charge in [0.1, 0.15) is 0 Å². The lowest BCUT2D eigenvalue weighted by molar-refractivity contribution is -0.196. The molecule has 1 rings (SSSR count). The molecule has 0 aromatic heterocycles. The van der Waals surface area contributed by atoms with Crippen molar-refractivity contribution in [1.82, 2.24) is 4.90 Å². The fraction of sp³-hybridized carbons (Fsp3) is 0.818. The van der Waals surface area contributed by atoms with Gasteiger partial charge in [-0.1, -0.05) is 0 Å². The van der Waals surface area contributed by atoms with Crippen molar-refractivity contribution in [3.8, 4) is 0 Å². The third-order valence-electron chi connectivity index (χ3n) is 3.58. The number of alkyl halides is 3. The predicted octanol–water partition coefficient (Wildman–Crippen LogP) is 0.378. The van der Waals surface area contributed by atoms with Gasteiger partial charge in [0.2, 0.25) is 5.91 Å². The lowest BCUT2D eigenvalue weighted by Gasteiger charge is -2.41. The van der Waals surface area contributed by atoms with E-state index in [4.69, 9.17) is 11.5 Å². The standard InChI is InChI=1S/C11H18F3N3O2/c1-6-3-4-7(8(15)18)5-17(6)9(19)10(2,16)11(12,13)14/h6-7H,3-5,16H2,1-2H3,(H2,15,18). The summed E-state index contributed by atoms with van der Waals surface area (Å²) in [6.07, 6.45) is -3.95. The number of carbonyl (C=O) groups excluding carboxylic acids is 2. The molecule has 1 aliphatic rings. The van der Waals surface area contributed by atoms with E-state index in [0.29, 0.717) is 19.8 Å². The van der Waals surface area contributed by atoms with Crippen molar-refractivity contribution in [2.45, 2.75) is 44.4 Å². The molecule has 19 heavy (non-hydrogen) atoms. The minimum atomic E-state index is -4.84. The number of rotatable bonds is 2. The predicted molar refractivity (Wildman–Crippen MR) is 61.7 cm³/mol. The second-order valence-corrected chi connectivity index (χ2v) is 5.18. The molecular weight excluding hydrogens is 263 g/mol. The Bertz CT molecular complexity index is 382. The Labute approximate surface area is 109 Å². The topological polar surface area (TPSA) is 89.4 Å². The fourth-order valence-electron chi connectivity index (χ4n) is 2.04. The Hall–Kier alpha value is -1.31. The van der Waals surface area contributed by atoms with Gasteiger partial charge in [-0.05, 0) is 26.7 Å². The highest BCUT2D eigenvalue weighted by atomic mass is 19.4. The van der Waals surface area contributed by atoms with E-state index < -0.39 is 35.5 Å². The molecule has 0 bridgehead atoms. The first-order chi connectivity index (χ1) is 8.48. The number of amides is 2. The summed E-state index contributed by atoms with van der Waals surface area (Å²) < 4.78 is 38.3. The van der Waals surface area contributed by atoms with Crippen LogP contribution < -0.4 is 11.5 Å². The molecule has 0 aromatic rings. The first-order valence-corrected chi connectivity index (χ1v) is 5.94. The van der Waals surface area contributed by atoms with E-state index >= 15 is 0 Å². The van der Waals surface area contributed by atoms with Gasteiger partial charge in [-0.25, -0.2) is 0 Å². The highest BCUT2D eigenvalue weighted by molar-refractivity contribution is 5.88. The van der Waals surface area contributed by atoms with E-state index in [1.807, 2.05) is 0 Å². The summed E-state index contributed by atoms with van der Waals surface area (Å²) in [6.45, 7) is 2.15. The van der Waals surface area contributed by atoms with Crippen LogP contribution in [0.25, 0.3) is 0 Å². The molecule has 1 fully saturated rings. The van der Waals surface area contributed by atoms with Gasteiger partial charge >= 0.3 is 6.18 Å². The lowest BCUT2D eigenvalue weighted by Crippen LogP contribution is -2.65. The molecule has 110 valence electrons. The molecular formula is C11H18F3N3O2. The van der Waals surface area contributed by atoms with Crippen molar-refractivity contribution in [2.24, 2.45) is 17.4 Å².